The van der Waals surface area contributed by atoms with Gasteiger partial charge < -0.3 is 9.64 Å². The third-order valence-electron chi connectivity index (χ3n) is 6.15. The molecule has 1 amide bonds. The number of aryl methyl sites for hydroxylation is 1. The molecule has 5 heteroatoms. The number of amides is 1. The highest BCUT2D eigenvalue weighted by Gasteiger charge is 2.36. The second kappa shape index (κ2) is 10.9. The minimum absolute atomic E-state index is 0.0606. The van der Waals surface area contributed by atoms with Crippen LogP contribution >= 0.6 is 0 Å². The van der Waals surface area contributed by atoms with Crippen molar-refractivity contribution < 1.29 is 13.9 Å². The first kappa shape index (κ1) is 23.4. The molecule has 0 aromatic heterocycles. The smallest absolute Gasteiger partial charge is 0.225 e. The van der Waals surface area contributed by atoms with E-state index in [0.29, 0.717) is 19.7 Å². The standard InChI is InChI=1S/C26H35FN2O2/c1-19(2)26(30)29(12-13-31-4)17-23-16-28(15-21-10-8-20(3)9-11-21)18-25(23)22-6-5-7-24(27)14-22/h5-11,14,19,23,25H,12-13,15-18H2,1-4H3/t23-,25+/m1/s1. The van der Waals surface area contributed by atoms with Crippen LogP contribution in [-0.2, 0) is 16.1 Å². The molecule has 31 heavy (non-hydrogen) atoms. The molecule has 1 saturated heterocycles. The summed E-state index contributed by atoms with van der Waals surface area (Å²) in [5, 5.41) is 0. The predicted octanol–water partition coefficient (Wildman–Crippen LogP) is 4.48. The van der Waals surface area contributed by atoms with Crippen molar-refractivity contribution in [2.45, 2.75) is 33.2 Å². The normalized spacial score (nSPS) is 19.2. The number of nitrogens with zero attached hydrogens (tertiary/aromatic N) is 2. The number of benzene rings is 2. The first-order valence-corrected chi connectivity index (χ1v) is 11.2. The molecule has 168 valence electrons. The van der Waals surface area contributed by atoms with Gasteiger partial charge in [-0.1, -0.05) is 55.8 Å². The summed E-state index contributed by atoms with van der Waals surface area (Å²) < 4.78 is 19.2. The van der Waals surface area contributed by atoms with E-state index in [0.717, 1.165) is 25.2 Å². The monoisotopic (exact) mass is 426 g/mol. The van der Waals surface area contributed by atoms with Gasteiger partial charge in [0.05, 0.1) is 6.61 Å². The van der Waals surface area contributed by atoms with E-state index in [1.54, 1.807) is 19.2 Å². The van der Waals surface area contributed by atoms with E-state index in [-0.39, 0.29) is 29.5 Å². The molecule has 3 rings (SSSR count). The van der Waals surface area contributed by atoms with Gasteiger partial charge in [0.2, 0.25) is 5.91 Å². The van der Waals surface area contributed by atoms with Crippen molar-refractivity contribution in [1.29, 1.82) is 0 Å². The highest BCUT2D eigenvalue weighted by atomic mass is 19.1. The number of ether oxygens (including phenoxy) is 1. The lowest BCUT2D eigenvalue weighted by Gasteiger charge is -2.29. The minimum Gasteiger partial charge on any atom is -0.383 e. The third kappa shape index (κ3) is 6.37. The highest BCUT2D eigenvalue weighted by molar-refractivity contribution is 5.78. The SMILES string of the molecule is COCCN(C[C@H]1CN(Cc2ccc(C)cc2)C[C@H]1c1cccc(F)c1)C(=O)C(C)C. The Bertz CT molecular complexity index is 853. The first-order chi connectivity index (χ1) is 14.9. The fourth-order valence-electron chi connectivity index (χ4n) is 4.48. The van der Waals surface area contributed by atoms with Gasteiger partial charge >= 0.3 is 0 Å². The number of halogens is 1. The van der Waals surface area contributed by atoms with Crippen molar-refractivity contribution in [2.75, 3.05) is 39.9 Å². The van der Waals surface area contributed by atoms with Crippen LogP contribution in [0.25, 0.3) is 0 Å². The molecule has 0 unspecified atom stereocenters. The van der Waals surface area contributed by atoms with Gasteiger partial charge in [-0.15, -0.1) is 0 Å². The second-order valence-corrected chi connectivity index (χ2v) is 9.03. The van der Waals surface area contributed by atoms with Crippen LogP contribution in [0.5, 0.6) is 0 Å². The van der Waals surface area contributed by atoms with Crippen LogP contribution in [0.3, 0.4) is 0 Å². The van der Waals surface area contributed by atoms with Crippen LogP contribution in [0.2, 0.25) is 0 Å². The summed E-state index contributed by atoms with van der Waals surface area (Å²) in [6.07, 6.45) is 0. The Morgan fingerprint density at radius 1 is 1.19 bits per heavy atom. The average Bonchev–Trinajstić information content (AvgIpc) is 3.14. The molecule has 1 fully saturated rings. The van der Waals surface area contributed by atoms with Gasteiger partial charge in [-0.2, -0.15) is 0 Å². The molecule has 0 aliphatic carbocycles. The molecule has 0 saturated carbocycles. The molecule has 1 heterocycles. The van der Waals surface area contributed by atoms with Gasteiger partial charge in [-0.3, -0.25) is 9.69 Å². The predicted molar refractivity (Wildman–Crippen MR) is 122 cm³/mol. The van der Waals surface area contributed by atoms with E-state index in [2.05, 4.69) is 36.1 Å². The second-order valence-electron chi connectivity index (χ2n) is 9.03. The maximum Gasteiger partial charge on any atom is 0.225 e. The van der Waals surface area contributed by atoms with E-state index in [1.165, 1.54) is 17.2 Å². The van der Waals surface area contributed by atoms with E-state index >= 15 is 0 Å². The van der Waals surface area contributed by atoms with Crippen molar-refractivity contribution >= 4 is 5.91 Å². The van der Waals surface area contributed by atoms with Crippen molar-refractivity contribution in [3.8, 4) is 0 Å². The summed E-state index contributed by atoms with van der Waals surface area (Å²) in [6.45, 7) is 10.3. The molecule has 0 spiro atoms. The Morgan fingerprint density at radius 3 is 2.58 bits per heavy atom. The zero-order valence-electron chi connectivity index (χ0n) is 19.2. The molecule has 0 N–H and O–H groups in total. The molecule has 2 aromatic carbocycles. The van der Waals surface area contributed by atoms with Crippen LogP contribution in [0.1, 0.15) is 36.5 Å². The molecule has 0 radical (unpaired) electrons. The Labute approximate surface area is 186 Å². The largest absolute Gasteiger partial charge is 0.383 e. The number of methoxy groups -OCH3 is 1. The Balaban J connectivity index is 1.80. The van der Waals surface area contributed by atoms with Crippen LogP contribution in [-0.4, -0.2) is 55.6 Å². The van der Waals surface area contributed by atoms with Crippen LogP contribution in [0.15, 0.2) is 48.5 Å². The van der Waals surface area contributed by atoms with E-state index in [4.69, 9.17) is 4.74 Å². The summed E-state index contributed by atoms with van der Waals surface area (Å²) in [5.41, 5.74) is 3.54. The van der Waals surface area contributed by atoms with E-state index < -0.39 is 0 Å². The molecular formula is C26H35FN2O2. The third-order valence-corrected chi connectivity index (χ3v) is 6.15. The highest BCUT2D eigenvalue weighted by Crippen LogP contribution is 2.34. The van der Waals surface area contributed by atoms with Crippen LogP contribution in [0.4, 0.5) is 4.39 Å². The molecule has 2 aromatic rings. The van der Waals surface area contributed by atoms with E-state index in [1.807, 2.05) is 24.8 Å². The zero-order chi connectivity index (χ0) is 22.4. The first-order valence-electron chi connectivity index (χ1n) is 11.2. The van der Waals surface area contributed by atoms with Gasteiger partial charge in [0.25, 0.3) is 0 Å². The number of rotatable bonds is 9. The summed E-state index contributed by atoms with van der Waals surface area (Å²) >= 11 is 0. The number of hydrogen-bond donors (Lipinski definition) is 0. The zero-order valence-corrected chi connectivity index (χ0v) is 19.2. The maximum atomic E-state index is 14.0. The van der Waals surface area contributed by atoms with Gasteiger partial charge in [0, 0.05) is 51.7 Å². The maximum absolute atomic E-state index is 14.0. The Morgan fingerprint density at radius 2 is 1.94 bits per heavy atom. The topological polar surface area (TPSA) is 32.8 Å². The Kier molecular flexibility index (Phi) is 8.22. The summed E-state index contributed by atoms with van der Waals surface area (Å²) in [5.74, 6) is 0.308. The van der Waals surface area contributed by atoms with Gasteiger partial charge in [0.1, 0.15) is 5.82 Å². The molecule has 1 aliphatic rings. The van der Waals surface area contributed by atoms with Crippen LogP contribution < -0.4 is 0 Å². The number of likely N-dealkylation sites (tertiary alicyclic amines) is 1. The van der Waals surface area contributed by atoms with Crippen molar-refractivity contribution in [3.05, 3.63) is 71.0 Å². The molecule has 1 aliphatic heterocycles. The Hall–Kier alpha value is -2.24. The number of carbonyl (C=O) groups is 1. The lowest BCUT2D eigenvalue weighted by atomic mass is 9.88. The molecule has 0 bridgehead atoms. The van der Waals surface area contributed by atoms with Crippen molar-refractivity contribution in [3.63, 3.8) is 0 Å². The number of carbonyl (C=O) groups excluding carboxylic acids is 1. The number of hydrogen-bond acceptors (Lipinski definition) is 3. The van der Waals surface area contributed by atoms with Gasteiger partial charge in [-0.05, 0) is 36.1 Å². The molecule has 4 nitrogen and oxygen atoms in total. The quantitative estimate of drug-likeness (QED) is 0.593. The van der Waals surface area contributed by atoms with Crippen molar-refractivity contribution in [1.82, 2.24) is 9.80 Å². The minimum atomic E-state index is -0.206. The summed E-state index contributed by atoms with van der Waals surface area (Å²) in [7, 11) is 1.66. The van der Waals surface area contributed by atoms with Crippen LogP contribution in [0, 0.1) is 24.6 Å². The lowest BCUT2D eigenvalue weighted by molar-refractivity contribution is -0.135. The molecular weight excluding hydrogens is 391 g/mol. The summed E-state index contributed by atoms with van der Waals surface area (Å²) in [4.78, 5) is 17.2. The van der Waals surface area contributed by atoms with Gasteiger partial charge in [0.15, 0.2) is 0 Å². The summed E-state index contributed by atoms with van der Waals surface area (Å²) in [6, 6.07) is 15.6. The van der Waals surface area contributed by atoms with Crippen molar-refractivity contribution in [2.24, 2.45) is 11.8 Å². The fraction of sp³-hybridized carbons (Fsp3) is 0.500. The molecule has 2 atom stereocenters. The fourth-order valence-corrected chi connectivity index (χ4v) is 4.48. The van der Waals surface area contributed by atoms with Gasteiger partial charge in [-0.25, -0.2) is 4.39 Å². The van der Waals surface area contributed by atoms with E-state index in [9.17, 15) is 9.18 Å². The average molecular weight is 427 g/mol. The lowest BCUT2D eigenvalue weighted by Crippen LogP contribution is -2.41.